The monoisotopic (exact) mass is 358 g/mol. The van der Waals surface area contributed by atoms with Crippen molar-refractivity contribution < 1.29 is 9.53 Å². The van der Waals surface area contributed by atoms with Gasteiger partial charge in [-0.25, -0.2) is 0 Å². The Hall–Kier alpha value is -2.35. The number of rotatable bonds is 3. The van der Waals surface area contributed by atoms with Crippen molar-refractivity contribution in [2.75, 3.05) is 18.0 Å². The van der Waals surface area contributed by atoms with Gasteiger partial charge in [0.2, 0.25) is 0 Å². The summed E-state index contributed by atoms with van der Waals surface area (Å²) < 4.78 is 5.79. The minimum Gasteiger partial charge on any atom is -0.369 e. The van der Waals surface area contributed by atoms with Crippen molar-refractivity contribution in [2.24, 2.45) is 0 Å². The maximum Gasteiger partial charge on any atom is 0.272 e. The maximum absolute atomic E-state index is 12.7. The average molecular weight is 358 g/mol. The van der Waals surface area contributed by atoms with E-state index >= 15 is 0 Å². The number of aromatic amines is 2. The first-order valence-corrected chi connectivity index (χ1v) is 9.31. The van der Waals surface area contributed by atoms with Gasteiger partial charge in [0.25, 0.3) is 5.91 Å². The fourth-order valence-electron chi connectivity index (χ4n) is 3.93. The molecule has 0 unspecified atom stereocenters. The van der Waals surface area contributed by atoms with Crippen LogP contribution in [0.15, 0.2) is 6.07 Å². The number of ether oxygens (including phenoxy) is 1. The molecule has 0 bridgehead atoms. The minimum atomic E-state index is -0.0853. The zero-order chi connectivity index (χ0) is 18.3. The van der Waals surface area contributed by atoms with Crippen molar-refractivity contribution >= 4 is 11.7 Å². The fraction of sp³-hybridized carbons (Fsp3) is 0.611. The van der Waals surface area contributed by atoms with Crippen molar-refractivity contribution in [2.45, 2.75) is 58.3 Å². The Labute approximate surface area is 152 Å². The van der Waals surface area contributed by atoms with Gasteiger partial charge < -0.3 is 15.0 Å². The number of H-pyrrole nitrogens is 2. The summed E-state index contributed by atoms with van der Waals surface area (Å²) in [6.45, 7) is 7.79. The standard InChI is InChI=1S/C18H26N6O2/c1-10-8-15(21-20-10)24-6-4-13(5-7-24)19-18(25)17-14-9-11(2)26-12(3)16(14)22-23-17/h8,11-13H,4-7,9H2,1-3H3,(H,19,25)(H,20,21)(H,22,23)/t11-,12+/m1/s1. The van der Waals surface area contributed by atoms with Gasteiger partial charge in [-0.3, -0.25) is 15.0 Å². The predicted octanol–water partition coefficient (Wildman–Crippen LogP) is 1.86. The summed E-state index contributed by atoms with van der Waals surface area (Å²) >= 11 is 0. The molecule has 0 saturated carbocycles. The molecule has 0 aliphatic carbocycles. The first-order valence-electron chi connectivity index (χ1n) is 9.31. The number of nitrogens with zero attached hydrogens (tertiary/aromatic N) is 3. The van der Waals surface area contributed by atoms with E-state index < -0.39 is 0 Å². The molecule has 2 aliphatic heterocycles. The summed E-state index contributed by atoms with van der Waals surface area (Å²) in [7, 11) is 0. The van der Waals surface area contributed by atoms with Gasteiger partial charge in [0.1, 0.15) is 0 Å². The molecule has 2 aromatic heterocycles. The van der Waals surface area contributed by atoms with Crippen molar-refractivity contribution in [3.8, 4) is 0 Å². The largest absolute Gasteiger partial charge is 0.369 e. The van der Waals surface area contributed by atoms with Gasteiger partial charge in [-0.2, -0.15) is 10.2 Å². The van der Waals surface area contributed by atoms with Crippen molar-refractivity contribution in [1.29, 1.82) is 0 Å². The van der Waals surface area contributed by atoms with Crippen molar-refractivity contribution in [1.82, 2.24) is 25.7 Å². The Morgan fingerprint density at radius 1 is 1.27 bits per heavy atom. The molecule has 2 aliphatic rings. The molecular formula is C18H26N6O2. The number of carbonyl (C=O) groups excluding carboxylic acids is 1. The first kappa shape index (κ1) is 17.1. The zero-order valence-corrected chi connectivity index (χ0v) is 15.5. The molecule has 140 valence electrons. The molecule has 0 radical (unpaired) electrons. The Balaban J connectivity index is 1.38. The molecular weight excluding hydrogens is 332 g/mol. The van der Waals surface area contributed by atoms with Crippen LogP contribution in [0.1, 0.15) is 60.2 Å². The SMILES string of the molecule is Cc1cc(N2CCC(NC(=O)c3n[nH]c4c3C[C@@H](C)O[C@H]4C)CC2)n[nH]1. The van der Waals surface area contributed by atoms with E-state index in [2.05, 4.69) is 36.7 Å². The van der Waals surface area contributed by atoms with Gasteiger partial charge in [-0.05, 0) is 33.6 Å². The Bertz CT molecular complexity index is 789. The molecule has 1 saturated heterocycles. The number of carbonyl (C=O) groups is 1. The molecule has 0 spiro atoms. The first-order chi connectivity index (χ1) is 12.5. The summed E-state index contributed by atoms with van der Waals surface area (Å²) in [5.41, 5.74) is 3.51. The van der Waals surface area contributed by atoms with Crippen LogP contribution < -0.4 is 10.2 Å². The molecule has 4 rings (SSSR count). The maximum atomic E-state index is 12.7. The number of amides is 1. The number of anilines is 1. The lowest BCUT2D eigenvalue weighted by Gasteiger charge is -2.32. The van der Waals surface area contributed by atoms with Crippen molar-refractivity contribution in [3.05, 3.63) is 28.7 Å². The number of aromatic nitrogens is 4. The minimum absolute atomic E-state index is 0.0525. The van der Waals surface area contributed by atoms with E-state index in [1.54, 1.807) is 0 Å². The van der Waals surface area contributed by atoms with E-state index in [1.165, 1.54) is 0 Å². The smallest absolute Gasteiger partial charge is 0.272 e. The van der Waals surface area contributed by atoms with E-state index in [0.717, 1.165) is 55.1 Å². The van der Waals surface area contributed by atoms with Crippen LogP contribution in [0.2, 0.25) is 0 Å². The van der Waals surface area contributed by atoms with E-state index in [4.69, 9.17) is 4.74 Å². The van der Waals surface area contributed by atoms with Crippen LogP contribution in [0.3, 0.4) is 0 Å². The molecule has 8 heteroatoms. The van der Waals surface area contributed by atoms with Gasteiger partial charge in [-0.15, -0.1) is 0 Å². The highest BCUT2D eigenvalue weighted by Gasteiger charge is 2.31. The van der Waals surface area contributed by atoms with Gasteiger partial charge in [0, 0.05) is 42.9 Å². The Kier molecular flexibility index (Phi) is 4.44. The molecule has 1 amide bonds. The summed E-state index contributed by atoms with van der Waals surface area (Å²) in [5.74, 6) is 0.898. The zero-order valence-electron chi connectivity index (χ0n) is 15.5. The van der Waals surface area contributed by atoms with E-state index in [0.29, 0.717) is 5.69 Å². The lowest BCUT2D eigenvalue weighted by atomic mass is 9.99. The summed E-state index contributed by atoms with van der Waals surface area (Å²) in [6, 6.07) is 2.22. The second-order valence-corrected chi connectivity index (χ2v) is 7.40. The van der Waals surface area contributed by atoms with E-state index in [-0.39, 0.29) is 24.2 Å². The molecule has 0 aromatic carbocycles. The number of piperidine rings is 1. The highest BCUT2D eigenvalue weighted by molar-refractivity contribution is 5.94. The summed E-state index contributed by atoms with van der Waals surface area (Å²) in [5, 5.41) is 17.7. The lowest BCUT2D eigenvalue weighted by molar-refractivity contribution is -0.00697. The second-order valence-electron chi connectivity index (χ2n) is 7.40. The van der Waals surface area contributed by atoms with Crippen LogP contribution in [0.25, 0.3) is 0 Å². The highest BCUT2D eigenvalue weighted by atomic mass is 16.5. The lowest BCUT2D eigenvalue weighted by Crippen LogP contribution is -2.45. The summed E-state index contributed by atoms with van der Waals surface area (Å²) in [4.78, 5) is 15.0. The average Bonchev–Trinajstić information content (AvgIpc) is 3.22. The van der Waals surface area contributed by atoms with Gasteiger partial charge in [0.15, 0.2) is 11.5 Å². The molecule has 2 atom stereocenters. The van der Waals surface area contributed by atoms with Gasteiger partial charge in [-0.1, -0.05) is 0 Å². The second kappa shape index (κ2) is 6.75. The molecule has 3 N–H and O–H groups in total. The van der Waals surface area contributed by atoms with Crippen LogP contribution in [0.4, 0.5) is 5.82 Å². The van der Waals surface area contributed by atoms with E-state index in [1.807, 2.05) is 20.8 Å². The molecule has 26 heavy (non-hydrogen) atoms. The van der Waals surface area contributed by atoms with Crippen LogP contribution >= 0.6 is 0 Å². The van der Waals surface area contributed by atoms with Crippen LogP contribution in [-0.2, 0) is 11.2 Å². The van der Waals surface area contributed by atoms with Crippen LogP contribution in [-0.4, -0.2) is 51.5 Å². The number of hydrogen-bond donors (Lipinski definition) is 3. The number of aryl methyl sites for hydroxylation is 1. The molecule has 1 fully saturated rings. The molecule has 8 nitrogen and oxygen atoms in total. The molecule has 4 heterocycles. The quantitative estimate of drug-likeness (QED) is 0.778. The highest BCUT2D eigenvalue weighted by Crippen LogP contribution is 2.30. The summed E-state index contributed by atoms with van der Waals surface area (Å²) in [6.07, 6.45) is 2.57. The topological polar surface area (TPSA) is 98.9 Å². The van der Waals surface area contributed by atoms with Crippen LogP contribution in [0, 0.1) is 6.92 Å². The van der Waals surface area contributed by atoms with Crippen LogP contribution in [0.5, 0.6) is 0 Å². The normalized spacial score (nSPS) is 23.7. The number of hydrogen-bond acceptors (Lipinski definition) is 5. The van der Waals surface area contributed by atoms with Crippen molar-refractivity contribution in [3.63, 3.8) is 0 Å². The Morgan fingerprint density at radius 2 is 2.04 bits per heavy atom. The number of nitrogens with one attached hydrogen (secondary N) is 3. The fourth-order valence-corrected chi connectivity index (χ4v) is 3.93. The third kappa shape index (κ3) is 3.21. The van der Waals surface area contributed by atoms with Gasteiger partial charge >= 0.3 is 0 Å². The predicted molar refractivity (Wildman–Crippen MR) is 97.3 cm³/mol. The number of fused-ring (bicyclic) bond motifs is 1. The molecule has 2 aromatic rings. The van der Waals surface area contributed by atoms with Gasteiger partial charge in [0.05, 0.1) is 17.9 Å². The Morgan fingerprint density at radius 3 is 2.73 bits per heavy atom. The third-order valence-corrected chi connectivity index (χ3v) is 5.30. The third-order valence-electron chi connectivity index (χ3n) is 5.30. The van der Waals surface area contributed by atoms with E-state index in [9.17, 15) is 4.79 Å².